The standard InChI is InChI=1S/C9H9F3O2S/c10-9(11,12)8(14)7(13)4-3-6-2-1-5-15-6/h1-2,5,8,14H,3-4H2. The fourth-order valence-corrected chi connectivity index (χ4v) is 1.73. The van der Waals surface area contributed by atoms with Gasteiger partial charge in [0.1, 0.15) is 0 Å². The topological polar surface area (TPSA) is 37.3 Å². The summed E-state index contributed by atoms with van der Waals surface area (Å²) in [4.78, 5) is 11.8. The van der Waals surface area contributed by atoms with E-state index in [-0.39, 0.29) is 12.8 Å². The summed E-state index contributed by atoms with van der Waals surface area (Å²) in [6.07, 6.45) is -7.75. The number of rotatable bonds is 4. The molecule has 0 saturated heterocycles. The van der Waals surface area contributed by atoms with Gasteiger partial charge in [-0.1, -0.05) is 6.07 Å². The van der Waals surface area contributed by atoms with E-state index < -0.39 is 18.1 Å². The van der Waals surface area contributed by atoms with Crippen LogP contribution in [0.5, 0.6) is 0 Å². The molecule has 0 aromatic carbocycles. The van der Waals surface area contributed by atoms with Crippen molar-refractivity contribution in [1.82, 2.24) is 0 Å². The predicted molar refractivity (Wildman–Crippen MR) is 49.7 cm³/mol. The van der Waals surface area contributed by atoms with E-state index in [1.807, 2.05) is 0 Å². The molecule has 1 N–H and O–H groups in total. The molecule has 1 aromatic heterocycles. The second kappa shape index (κ2) is 4.76. The first kappa shape index (κ1) is 12.2. The molecule has 0 fully saturated rings. The Balaban J connectivity index is 2.43. The van der Waals surface area contributed by atoms with Crippen LogP contribution in [0.1, 0.15) is 11.3 Å². The third kappa shape index (κ3) is 3.64. The number of aryl methyl sites for hydroxylation is 1. The van der Waals surface area contributed by atoms with Crippen LogP contribution in [0.3, 0.4) is 0 Å². The summed E-state index contributed by atoms with van der Waals surface area (Å²) in [5, 5.41) is 10.4. The van der Waals surface area contributed by atoms with E-state index in [0.717, 1.165) is 4.88 Å². The Kier molecular flexibility index (Phi) is 3.87. The molecule has 84 valence electrons. The molecule has 1 aromatic rings. The maximum atomic E-state index is 11.9. The number of ketones is 1. The first-order chi connectivity index (χ1) is 6.91. The summed E-state index contributed by atoms with van der Waals surface area (Å²) in [5.74, 6) is -1.18. The van der Waals surface area contributed by atoms with Crippen molar-refractivity contribution in [2.75, 3.05) is 0 Å². The van der Waals surface area contributed by atoms with Crippen molar-refractivity contribution in [3.05, 3.63) is 22.4 Å². The second-order valence-corrected chi connectivity index (χ2v) is 4.02. The van der Waals surface area contributed by atoms with Crippen molar-refractivity contribution in [3.8, 4) is 0 Å². The molecular weight excluding hydrogens is 229 g/mol. The lowest BCUT2D eigenvalue weighted by Gasteiger charge is -2.12. The zero-order valence-electron chi connectivity index (χ0n) is 7.62. The van der Waals surface area contributed by atoms with Gasteiger partial charge in [-0.2, -0.15) is 13.2 Å². The summed E-state index contributed by atoms with van der Waals surface area (Å²) >= 11 is 1.37. The summed E-state index contributed by atoms with van der Waals surface area (Å²) in [7, 11) is 0. The van der Waals surface area contributed by atoms with E-state index in [1.54, 1.807) is 17.5 Å². The fraction of sp³-hybridized carbons (Fsp3) is 0.444. The molecule has 1 heterocycles. The minimum absolute atomic E-state index is 0.240. The average Bonchev–Trinajstić information content (AvgIpc) is 2.63. The minimum atomic E-state index is -4.85. The van der Waals surface area contributed by atoms with E-state index in [9.17, 15) is 18.0 Å². The maximum absolute atomic E-state index is 11.9. The summed E-state index contributed by atoms with van der Waals surface area (Å²) in [6, 6.07) is 3.49. The molecule has 1 unspecified atom stereocenters. The van der Waals surface area contributed by atoms with Crippen LogP contribution in [0, 0.1) is 0 Å². The first-order valence-electron chi connectivity index (χ1n) is 4.21. The number of hydrogen-bond acceptors (Lipinski definition) is 3. The Morgan fingerprint density at radius 3 is 2.67 bits per heavy atom. The summed E-state index contributed by atoms with van der Waals surface area (Å²) in [5.41, 5.74) is 0. The van der Waals surface area contributed by atoms with Gasteiger partial charge in [0.05, 0.1) is 0 Å². The van der Waals surface area contributed by atoms with Gasteiger partial charge in [-0.05, 0) is 17.9 Å². The number of aliphatic hydroxyl groups excluding tert-OH is 1. The largest absolute Gasteiger partial charge is 0.421 e. The Morgan fingerprint density at radius 2 is 2.20 bits per heavy atom. The third-order valence-corrected chi connectivity index (χ3v) is 2.75. The number of carbonyl (C=O) groups is 1. The van der Waals surface area contributed by atoms with Crippen LogP contribution in [0.2, 0.25) is 0 Å². The minimum Gasteiger partial charge on any atom is -0.377 e. The Bertz CT molecular complexity index is 319. The van der Waals surface area contributed by atoms with E-state index in [0.29, 0.717) is 0 Å². The number of hydrogen-bond donors (Lipinski definition) is 1. The van der Waals surface area contributed by atoms with Gasteiger partial charge in [-0.15, -0.1) is 11.3 Å². The van der Waals surface area contributed by atoms with Crippen molar-refractivity contribution < 1.29 is 23.1 Å². The highest BCUT2D eigenvalue weighted by molar-refractivity contribution is 7.09. The van der Waals surface area contributed by atoms with Gasteiger partial charge < -0.3 is 5.11 Å². The first-order valence-corrected chi connectivity index (χ1v) is 5.09. The number of alkyl halides is 3. The lowest BCUT2D eigenvalue weighted by atomic mass is 10.1. The van der Waals surface area contributed by atoms with Crippen molar-refractivity contribution in [2.45, 2.75) is 25.1 Å². The van der Waals surface area contributed by atoms with E-state index in [4.69, 9.17) is 5.11 Å². The Hall–Kier alpha value is -0.880. The predicted octanol–water partition coefficient (Wildman–Crippen LogP) is 2.17. The van der Waals surface area contributed by atoms with Gasteiger partial charge in [0.25, 0.3) is 0 Å². The highest BCUT2D eigenvalue weighted by atomic mass is 32.1. The van der Waals surface area contributed by atoms with Crippen LogP contribution in [0.4, 0.5) is 13.2 Å². The van der Waals surface area contributed by atoms with Gasteiger partial charge in [0.15, 0.2) is 5.78 Å². The molecule has 0 bridgehead atoms. The summed E-state index contributed by atoms with van der Waals surface area (Å²) in [6.45, 7) is 0. The number of aliphatic hydroxyl groups is 1. The second-order valence-electron chi connectivity index (χ2n) is 2.99. The van der Waals surface area contributed by atoms with Crippen LogP contribution in [-0.4, -0.2) is 23.2 Å². The smallest absolute Gasteiger partial charge is 0.377 e. The monoisotopic (exact) mass is 238 g/mol. The molecule has 0 spiro atoms. The molecule has 6 heteroatoms. The van der Waals surface area contributed by atoms with E-state index in [2.05, 4.69) is 0 Å². The number of thiophene rings is 1. The van der Waals surface area contributed by atoms with Gasteiger partial charge in [0.2, 0.25) is 6.10 Å². The van der Waals surface area contributed by atoms with E-state index in [1.165, 1.54) is 11.3 Å². The molecule has 0 aliphatic rings. The van der Waals surface area contributed by atoms with Gasteiger partial charge >= 0.3 is 6.18 Å². The molecule has 0 amide bonds. The zero-order valence-corrected chi connectivity index (χ0v) is 8.44. The molecule has 2 nitrogen and oxygen atoms in total. The maximum Gasteiger partial charge on any atom is 0.421 e. The molecule has 15 heavy (non-hydrogen) atoms. The van der Waals surface area contributed by atoms with E-state index >= 15 is 0 Å². The molecule has 0 radical (unpaired) electrons. The van der Waals surface area contributed by atoms with Crippen LogP contribution in [0.25, 0.3) is 0 Å². The normalized spacial score (nSPS) is 13.9. The Morgan fingerprint density at radius 1 is 1.53 bits per heavy atom. The average molecular weight is 238 g/mol. The lowest BCUT2D eigenvalue weighted by Crippen LogP contribution is -2.36. The van der Waals surface area contributed by atoms with Crippen LogP contribution in [0.15, 0.2) is 17.5 Å². The molecule has 1 atom stereocenters. The van der Waals surface area contributed by atoms with Gasteiger partial charge in [0, 0.05) is 11.3 Å². The molecule has 0 aliphatic carbocycles. The van der Waals surface area contributed by atoms with Crippen LogP contribution >= 0.6 is 11.3 Å². The SMILES string of the molecule is O=C(CCc1cccs1)C(O)C(F)(F)F. The van der Waals surface area contributed by atoms with Gasteiger partial charge in [-0.3, -0.25) is 4.79 Å². The van der Waals surface area contributed by atoms with Crippen LogP contribution in [-0.2, 0) is 11.2 Å². The van der Waals surface area contributed by atoms with Crippen molar-refractivity contribution in [1.29, 1.82) is 0 Å². The number of halogens is 3. The third-order valence-electron chi connectivity index (χ3n) is 1.81. The molecule has 0 aliphatic heterocycles. The highest BCUT2D eigenvalue weighted by Gasteiger charge is 2.42. The van der Waals surface area contributed by atoms with Gasteiger partial charge in [-0.25, -0.2) is 0 Å². The zero-order chi connectivity index (χ0) is 11.5. The van der Waals surface area contributed by atoms with Crippen LogP contribution < -0.4 is 0 Å². The van der Waals surface area contributed by atoms with Crippen molar-refractivity contribution in [2.24, 2.45) is 0 Å². The lowest BCUT2D eigenvalue weighted by molar-refractivity contribution is -0.203. The molecule has 1 rings (SSSR count). The number of carbonyl (C=O) groups excluding carboxylic acids is 1. The van der Waals surface area contributed by atoms with Crippen molar-refractivity contribution >= 4 is 17.1 Å². The molecular formula is C9H9F3O2S. The molecule has 0 saturated carbocycles. The highest BCUT2D eigenvalue weighted by Crippen LogP contribution is 2.22. The number of Topliss-reactive ketones (excluding diaryl/α,β-unsaturated/α-hetero) is 1. The fourth-order valence-electron chi connectivity index (χ4n) is 1.02. The Labute approximate surface area is 88.3 Å². The van der Waals surface area contributed by atoms with Crippen molar-refractivity contribution in [3.63, 3.8) is 0 Å². The quantitative estimate of drug-likeness (QED) is 0.872. The summed E-state index contributed by atoms with van der Waals surface area (Å²) < 4.78 is 35.7.